The van der Waals surface area contributed by atoms with Gasteiger partial charge >= 0.3 is 0 Å². The Labute approximate surface area is 232 Å². The van der Waals surface area contributed by atoms with E-state index < -0.39 is 0 Å². The number of nitrogens with one attached hydrogen (secondary N) is 4. The molecule has 4 aliphatic carbocycles. The minimum Gasteiger partial charge on any atom is -0.303 e. The molecule has 0 aromatic rings. The van der Waals surface area contributed by atoms with E-state index in [4.69, 9.17) is 0 Å². The van der Waals surface area contributed by atoms with E-state index in [2.05, 4.69) is 31.1 Å². The van der Waals surface area contributed by atoms with E-state index in [1.54, 1.807) is 12.8 Å². The molecule has 6 nitrogen and oxygen atoms in total. The van der Waals surface area contributed by atoms with Gasteiger partial charge < -0.3 is 21.3 Å². The van der Waals surface area contributed by atoms with Crippen LogP contribution in [-0.4, -0.2) is 85.6 Å². The highest BCUT2D eigenvalue weighted by Gasteiger charge is 2.56. The maximum atomic E-state index is 3.67. The van der Waals surface area contributed by atoms with Gasteiger partial charge in [-0.3, -0.25) is 9.80 Å². The Morgan fingerprint density at radius 1 is 0.395 bits per heavy atom. The number of fused-ring (bicyclic) bond motifs is 6. The van der Waals surface area contributed by atoms with Gasteiger partial charge in [0.15, 0.2) is 0 Å². The third-order valence-electron chi connectivity index (χ3n) is 13.5. The van der Waals surface area contributed by atoms with E-state index in [-0.39, 0.29) is 0 Å². The van der Waals surface area contributed by atoms with Crippen LogP contribution in [0, 0.1) is 35.5 Å². The van der Waals surface area contributed by atoms with Crippen LogP contribution in [0.25, 0.3) is 0 Å². The molecule has 0 aromatic carbocycles. The van der Waals surface area contributed by atoms with Crippen LogP contribution in [-0.2, 0) is 0 Å². The molecule has 0 aromatic heterocycles. The molecular formula is C32H56N6. The molecule has 4 saturated carbocycles. The molecule has 4 saturated heterocycles. The molecule has 4 N–H and O–H groups in total. The summed E-state index contributed by atoms with van der Waals surface area (Å²) in [7, 11) is 0. The molecule has 4 aliphatic heterocycles. The molecule has 8 rings (SSSR count). The van der Waals surface area contributed by atoms with E-state index in [9.17, 15) is 0 Å². The Balaban J connectivity index is 0.982. The van der Waals surface area contributed by atoms with Crippen molar-refractivity contribution in [3.05, 3.63) is 0 Å². The first kappa shape index (κ1) is 25.5. The van der Waals surface area contributed by atoms with Crippen molar-refractivity contribution >= 4 is 0 Å². The number of nitrogens with zero attached hydrogens (tertiary/aromatic N) is 2. The van der Waals surface area contributed by atoms with Crippen molar-refractivity contribution in [3.8, 4) is 0 Å². The van der Waals surface area contributed by atoms with Crippen LogP contribution in [0.1, 0.15) is 89.9 Å². The van der Waals surface area contributed by atoms with Gasteiger partial charge in [-0.15, -0.1) is 0 Å². The summed E-state index contributed by atoms with van der Waals surface area (Å²) in [6.07, 6.45) is 21.2. The Morgan fingerprint density at radius 3 is 1.24 bits per heavy atom. The predicted molar refractivity (Wildman–Crippen MR) is 154 cm³/mol. The van der Waals surface area contributed by atoms with Gasteiger partial charge in [0.25, 0.3) is 0 Å². The zero-order valence-electron chi connectivity index (χ0n) is 24.0. The lowest BCUT2D eigenvalue weighted by Gasteiger charge is -2.46. The maximum absolute atomic E-state index is 3.67. The van der Waals surface area contributed by atoms with Gasteiger partial charge in [-0.05, 0) is 99.7 Å². The minimum absolute atomic E-state index is 0.729. The van der Waals surface area contributed by atoms with Crippen molar-refractivity contribution in [3.63, 3.8) is 0 Å². The maximum Gasteiger partial charge on any atom is 0.0455 e. The molecule has 8 fully saturated rings. The van der Waals surface area contributed by atoms with E-state index in [0.29, 0.717) is 0 Å². The summed E-state index contributed by atoms with van der Waals surface area (Å²) in [5, 5.41) is 14.7. The molecule has 0 spiro atoms. The third kappa shape index (κ3) is 4.34. The lowest BCUT2D eigenvalue weighted by Crippen LogP contribution is -2.59. The lowest BCUT2D eigenvalue weighted by atomic mass is 9.62. The molecule has 8 aliphatic rings. The van der Waals surface area contributed by atoms with Crippen molar-refractivity contribution in [2.45, 2.75) is 126 Å². The standard InChI is InChI=1S/C32H56N6/c1-3-7-29-25(5-1)27-13-21(9-11-31(27)37(29)23-15-33-19-34-16-23)22-10-12-32-28(14-22)26-6-2-4-8-30(26)38(32)24-17-35-20-36-18-24/h21-36H,1-20H2. The number of hydrogen-bond donors (Lipinski definition) is 4. The van der Waals surface area contributed by atoms with Crippen molar-refractivity contribution < 1.29 is 0 Å². The largest absolute Gasteiger partial charge is 0.303 e. The Morgan fingerprint density at radius 2 is 0.789 bits per heavy atom. The van der Waals surface area contributed by atoms with Crippen molar-refractivity contribution in [2.24, 2.45) is 35.5 Å². The topological polar surface area (TPSA) is 54.6 Å². The van der Waals surface area contributed by atoms with Crippen molar-refractivity contribution in [1.82, 2.24) is 31.1 Å². The number of likely N-dealkylation sites (tertiary alicyclic amines) is 2. The molecule has 38 heavy (non-hydrogen) atoms. The first-order valence-electron chi connectivity index (χ1n) is 17.2. The second kappa shape index (κ2) is 10.9. The molecule has 0 radical (unpaired) electrons. The Hall–Kier alpha value is -0.240. The highest BCUT2D eigenvalue weighted by Crippen LogP contribution is 2.56. The van der Waals surface area contributed by atoms with Gasteiger partial charge in [0.05, 0.1) is 0 Å². The fourth-order valence-corrected chi connectivity index (χ4v) is 12.3. The van der Waals surface area contributed by atoms with Crippen molar-refractivity contribution in [1.29, 1.82) is 0 Å². The van der Waals surface area contributed by atoms with Crippen LogP contribution in [0.4, 0.5) is 0 Å². The minimum atomic E-state index is 0.729. The SMILES string of the molecule is C1CCC2C(C1)C1CC(C3CCC4C(C3)C3CCCCC3N4C3CNCNC3)CCC1N2C1CNCNC1. The van der Waals surface area contributed by atoms with Crippen LogP contribution in [0.5, 0.6) is 0 Å². The summed E-state index contributed by atoms with van der Waals surface area (Å²) in [6.45, 7) is 6.84. The molecule has 0 bridgehead atoms. The fourth-order valence-electron chi connectivity index (χ4n) is 12.3. The van der Waals surface area contributed by atoms with E-state index in [1.807, 2.05) is 0 Å². The fraction of sp³-hybridized carbons (Fsp3) is 1.00. The summed E-state index contributed by atoms with van der Waals surface area (Å²) in [5.74, 6) is 6.06. The van der Waals surface area contributed by atoms with Gasteiger partial charge in [-0.25, -0.2) is 0 Å². The quantitative estimate of drug-likeness (QED) is 0.455. The first-order chi connectivity index (χ1) is 18.9. The molecule has 0 amide bonds. The Bertz CT molecular complexity index is 744. The van der Waals surface area contributed by atoms with E-state index >= 15 is 0 Å². The average Bonchev–Trinajstić information content (AvgIpc) is 3.50. The van der Waals surface area contributed by atoms with Crippen molar-refractivity contribution in [2.75, 3.05) is 39.5 Å². The third-order valence-corrected chi connectivity index (χ3v) is 13.5. The Kier molecular flexibility index (Phi) is 7.29. The summed E-state index contributed by atoms with van der Waals surface area (Å²) in [4.78, 5) is 6.21. The van der Waals surface area contributed by atoms with Gasteiger partial charge in [0.1, 0.15) is 0 Å². The first-order valence-corrected chi connectivity index (χ1v) is 17.2. The molecule has 6 heteroatoms. The highest BCUT2D eigenvalue weighted by atomic mass is 15.3. The monoisotopic (exact) mass is 524 g/mol. The van der Waals surface area contributed by atoms with Gasteiger partial charge in [0.2, 0.25) is 0 Å². The van der Waals surface area contributed by atoms with Gasteiger partial charge in [0, 0.05) is 75.8 Å². The molecule has 4 heterocycles. The molecule has 214 valence electrons. The lowest BCUT2D eigenvalue weighted by molar-refractivity contribution is 0.0374. The van der Waals surface area contributed by atoms with E-state index in [0.717, 1.165) is 85.1 Å². The molecule has 10 unspecified atom stereocenters. The van der Waals surface area contributed by atoms with Crippen LogP contribution in [0.15, 0.2) is 0 Å². The zero-order valence-corrected chi connectivity index (χ0v) is 24.0. The number of rotatable bonds is 3. The summed E-state index contributed by atoms with van der Waals surface area (Å²) in [6, 6.07) is 5.02. The normalized spacial score (nSPS) is 49.3. The van der Waals surface area contributed by atoms with Crippen LogP contribution >= 0.6 is 0 Å². The van der Waals surface area contributed by atoms with Gasteiger partial charge in [-0.1, -0.05) is 25.7 Å². The highest BCUT2D eigenvalue weighted by molar-refractivity contribution is 5.10. The second-order valence-corrected chi connectivity index (χ2v) is 15.0. The zero-order chi connectivity index (χ0) is 25.1. The van der Waals surface area contributed by atoms with Crippen LogP contribution in [0.3, 0.4) is 0 Å². The van der Waals surface area contributed by atoms with Gasteiger partial charge in [-0.2, -0.15) is 0 Å². The summed E-state index contributed by atoms with van der Waals surface area (Å²) < 4.78 is 0. The molecule has 10 atom stereocenters. The average molecular weight is 525 g/mol. The van der Waals surface area contributed by atoms with Crippen LogP contribution < -0.4 is 21.3 Å². The summed E-state index contributed by atoms with van der Waals surface area (Å²) in [5.41, 5.74) is 0. The second-order valence-electron chi connectivity index (χ2n) is 15.0. The summed E-state index contributed by atoms with van der Waals surface area (Å²) >= 11 is 0. The molecular weight excluding hydrogens is 468 g/mol. The predicted octanol–water partition coefficient (Wildman–Crippen LogP) is 3.34. The smallest absolute Gasteiger partial charge is 0.0455 e. The van der Waals surface area contributed by atoms with E-state index in [1.165, 1.54) is 103 Å². The van der Waals surface area contributed by atoms with Crippen LogP contribution in [0.2, 0.25) is 0 Å². The number of hydrogen-bond acceptors (Lipinski definition) is 6.